The number of aromatic amines is 1. The highest BCUT2D eigenvalue weighted by Gasteiger charge is 2.29. The first-order valence-corrected chi connectivity index (χ1v) is 10.1. The Hall–Kier alpha value is -3.23. The van der Waals surface area contributed by atoms with Crippen LogP contribution in [-0.2, 0) is 20.7 Å². The number of benzene rings is 1. The Kier molecular flexibility index (Phi) is 7.16. The number of H-pyrrole nitrogens is 1. The summed E-state index contributed by atoms with van der Waals surface area (Å²) in [6.07, 6.45) is 1.79. The van der Waals surface area contributed by atoms with Crippen LogP contribution in [0.4, 0.5) is 0 Å². The zero-order chi connectivity index (χ0) is 21.5. The van der Waals surface area contributed by atoms with Crippen LogP contribution in [0.5, 0.6) is 5.75 Å². The van der Waals surface area contributed by atoms with Gasteiger partial charge in [-0.05, 0) is 31.9 Å². The molecule has 0 saturated carbocycles. The molecule has 1 amide bonds. The number of ether oxygens (including phenoxy) is 2. The van der Waals surface area contributed by atoms with E-state index in [9.17, 15) is 14.4 Å². The number of carbonyl (C=O) groups is 2. The predicted octanol–water partition coefficient (Wildman–Crippen LogP) is 1.57. The van der Waals surface area contributed by atoms with E-state index >= 15 is 0 Å². The van der Waals surface area contributed by atoms with Crippen LogP contribution < -0.4 is 10.3 Å². The summed E-state index contributed by atoms with van der Waals surface area (Å²) in [5.41, 5.74) is 0.507. The van der Waals surface area contributed by atoms with E-state index in [2.05, 4.69) is 15.2 Å². The molecule has 0 spiro atoms. The Morgan fingerprint density at radius 2 is 2.13 bits per heavy atom. The normalized spacial score (nSPS) is 16.2. The third kappa shape index (κ3) is 5.22. The van der Waals surface area contributed by atoms with Crippen molar-refractivity contribution < 1.29 is 19.1 Å². The van der Waals surface area contributed by atoms with Crippen LogP contribution in [-0.4, -0.2) is 58.8 Å². The molecule has 0 bridgehead atoms. The number of likely N-dealkylation sites (tertiary alicyclic amines) is 1. The Bertz CT molecular complexity index is 958. The number of carbonyl (C=O) groups excluding carboxylic acids is 2. The Labute approximate surface area is 174 Å². The smallest absolute Gasteiger partial charge is 0.310 e. The van der Waals surface area contributed by atoms with Crippen LogP contribution in [0.2, 0.25) is 0 Å². The minimum atomic E-state index is -0.376. The molecule has 1 aliphatic heterocycles. The summed E-state index contributed by atoms with van der Waals surface area (Å²) < 4.78 is 10.2. The second-order valence-electron chi connectivity index (χ2n) is 7.11. The lowest BCUT2D eigenvalue weighted by molar-refractivity contribution is -0.151. The maximum absolute atomic E-state index is 12.6. The van der Waals surface area contributed by atoms with Crippen LogP contribution in [0.25, 0.3) is 11.4 Å². The van der Waals surface area contributed by atoms with Crippen LogP contribution in [0.3, 0.4) is 0 Å². The maximum Gasteiger partial charge on any atom is 0.310 e. The Balaban J connectivity index is 1.61. The number of rotatable bonds is 7. The molecule has 30 heavy (non-hydrogen) atoms. The van der Waals surface area contributed by atoms with E-state index in [0.717, 1.165) is 12.8 Å². The van der Waals surface area contributed by atoms with Gasteiger partial charge in [-0.1, -0.05) is 12.1 Å². The average Bonchev–Trinajstić information content (AvgIpc) is 2.78. The summed E-state index contributed by atoms with van der Waals surface area (Å²) in [6, 6.07) is 7.13. The van der Waals surface area contributed by atoms with Crippen LogP contribution in [0.15, 0.2) is 29.1 Å². The molecule has 9 nitrogen and oxygen atoms in total. The number of nitrogens with zero attached hydrogens (tertiary/aromatic N) is 3. The fourth-order valence-electron chi connectivity index (χ4n) is 3.46. The van der Waals surface area contributed by atoms with Crippen molar-refractivity contribution in [2.75, 3.05) is 26.8 Å². The standard InChI is InChI=1S/C21H26N4O5/c1-3-30-21(28)15-7-5-11-25(13-15)18(26)10-9-17-20(27)22-19(24-23-17)14-6-4-8-16(12-14)29-2/h4,6,8,12,15H,3,5,7,9-11,13H2,1-2H3,(H,22,24,27). The molecule has 1 N–H and O–H groups in total. The van der Waals surface area contributed by atoms with Gasteiger partial charge in [-0.2, -0.15) is 0 Å². The molecule has 9 heteroatoms. The Morgan fingerprint density at radius 1 is 1.30 bits per heavy atom. The maximum atomic E-state index is 12.6. The molecule has 160 valence electrons. The van der Waals surface area contributed by atoms with E-state index in [1.165, 1.54) is 0 Å². The molecule has 1 saturated heterocycles. The number of nitrogens with one attached hydrogen (secondary N) is 1. The molecule has 1 aliphatic rings. The first kappa shape index (κ1) is 21.5. The molecule has 1 aromatic heterocycles. The summed E-state index contributed by atoms with van der Waals surface area (Å²) in [7, 11) is 1.56. The minimum absolute atomic E-state index is 0.109. The van der Waals surface area contributed by atoms with Crippen molar-refractivity contribution in [2.24, 2.45) is 5.92 Å². The highest BCUT2D eigenvalue weighted by atomic mass is 16.5. The molecule has 0 radical (unpaired) electrons. The van der Waals surface area contributed by atoms with E-state index in [1.807, 2.05) is 0 Å². The van der Waals surface area contributed by atoms with E-state index < -0.39 is 0 Å². The summed E-state index contributed by atoms with van der Waals surface area (Å²) in [5, 5.41) is 8.10. The lowest BCUT2D eigenvalue weighted by Gasteiger charge is -2.31. The van der Waals surface area contributed by atoms with Crippen LogP contribution >= 0.6 is 0 Å². The summed E-state index contributed by atoms with van der Waals surface area (Å²) in [4.78, 5) is 41.3. The van der Waals surface area contributed by atoms with Crippen LogP contribution in [0.1, 0.15) is 31.9 Å². The molecule has 0 aliphatic carbocycles. The number of hydrogen-bond donors (Lipinski definition) is 1. The zero-order valence-electron chi connectivity index (χ0n) is 17.2. The van der Waals surface area contributed by atoms with Crippen molar-refractivity contribution in [3.63, 3.8) is 0 Å². The van der Waals surface area contributed by atoms with Gasteiger partial charge in [0.2, 0.25) is 5.91 Å². The number of aryl methyl sites for hydroxylation is 1. The van der Waals surface area contributed by atoms with Gasteiger partial charge < -0.3 is 19.4 Å². The number of piperidine rings is 1. The SMILES string of the molecule is CCOC(=O)C1CCCN(C(=O)CCc2nnc(-c3cccc(OC)c3)[nH]c2=O)C1. The predicted molar refractivity (Wildman–Crippen MR) is 109 cm³/mol. The van der Waals surface area contributed by atoms with E-state index in [1.54, 1.807) is 43.2 Å². The van der Waals surface area contributed by atoms with Crippen molar-refractivity contribution in [3.05, 3.63) is 40.3 Å². The first-order chi connectivity index (χ1) is 14.5. The van der Waals surface area contributed by atoms with Gasteiger partial charge in [0.15, 0.2) is 5.82 Å². The van der Waals surface area contributed by atoms with Crippen molar-refractivity contribution >= 4 is 11.9 Å². The molecule has 2 aromatic rings. The first-order valence-electron chi connectivity index (χ1n) is 10.1. The lowest BCUT2D eigenvalue weighted by atomic mass is 9.98. The summed E-state index contributed by atoms with van der Waals surface area (Å²) in [6.45, 7) is 3.05. The van der Waals surface area contributed by atoms with Crippen molar-refractivity contribution in [2.45, 2.75) is 32.6 Å². The van der Waals surface area contributed by atoms with Gasteiger partial charge >= 0.3 is 5.97 Å². The number of hydrogen-bond acceptors (Lipinski definition) is 7. The fourth-order valence-corrected chi connectivity index (χ4v) is 3.46. The van der Waals surface area contributed by atoms with Crippen molar-refractivity contribution in [3.8, 4) is 17.1 Å². The highest BCUT2D eigenvalue weighted by molar-refractivity contribution is 5.78. The summed E-state index contributed by atoms with van der Waals surface area (Å²) >= 11 is 0. The largest absolute Gasteiger partial charge is 0.497 e. The topological polar surface area (TPSA) is 114 Å². The minimum Gasteiger partial charge on any atom is -0.497 e. The highest BCUT2D eigenvalue weighted by Crippen LogP contribution is 2.20. The molecule has 2 heterocycles. The van der Waals surface area contributed by atoms with Gasteiger partial charge in [-0.25, -0.2) is 0 Å². The molecule has 3 rings (SSSR count). The number of aromatic nitrogens is 3. The molecule has 1 atom stereocenters. The molecule has 1 aromatic carbocycles. The van der Waals surface area contributed by atoms with Gasteiger partial charge in [-0.3, -0.25) is 14.4 Å². The monoisotopic (exact) mass is 414 g/mol. The third-order valence-electron chi connectivity index (χ3n) is 5.08. The number of methoxy groups -OCH3 is 1. The second kappa shape index (κ2) is 10.00. The zero-order valence-corrected chi connectivity index (χ0v) is 17.2. The van der Waals surface area contributed by atoms with Gasteiger partial charge in [0, 0.05) is 31.5 Å². The second-order valence-corrected chi connectivity index (χ2v) is 7.11. The third-order valence-corrected chi connectivity index (χ3v) is 5.08. The molecular weight excluding hydrogens is 388 g/mol. The van der Waals surface area contributed by atoms with E-state index in [-0.39, 0.29) is 41.9 Å². The summed E-state index contributed by atoms with van der Waals surface area (Å²) in [5.74, 6) is 0.329. The van der Waals surface area contributed by atoms with E-state index in [4.69, 9.17) is 9.47 Å². The van der Waals surface area contributed by atoms with Crippen LogP contribution in [0, 0.1) is 5.92 Å². The number of esters is 1. The van der Waals surface area contributed by atoms with Gasteiger partial charge in [0.25, 0.3) is 5.56 Å². The quantitative estimate of drug-likeness (QED) is 0.684. The number of amides is 1. The lowest BCUT2D eigenvalue weighted by Crippen LogP contribution is -2.43. The van der Waals surface area contributed by atoms with Gasteiger partial charge in [0.1, 0.15) is 11.4 Å². The molecule has 1 unspecified atom stereocenters. The van der Waals surface area contributed by atoms with E-state index in [0.29, 0.717) is 36.8 Å². The van der Waals surface area contributed by atoms with Crippen molar-refractivity contribution in [1.82, 2.24) is 20.1 Å². The molecular formula is C21H26N4O5. The average molecular weight is 414 g/mol. The molecule has 1 fully saturated rings. The van der Waals surface area contributed by atoms with Gasteiger partial charge in [0.05, 0.1) is 19.6 Å². The van der Waals surface area contributed by atoms with Crippen molar-refractivity contribution in [1.29, 1.82) is 0 Å². The fraction of sp³-hybridized carbons (Fsp3) is 0.476. The Morgan fingerprint density at radius 3 is 2.87 bits per heavy atom. The van der Waals surface area contributed by atoms with Gasteiger partial charge in [-0.15, -0.1) is 10.2 Å².